The van der Waals surface area contributed by atoms with Gasteiger partial charge in [-0.15, -0.1) is 0 Å². The van der Waals surface area contributed by atoms with E-state index in [1.54, 1.807) is 0 Å². The smallest absolute Gasteiger partial charge is 0.308 e. The fourth-order valence-corrected chi connectivity index (χ4v) is 1.38. The van der Waals surface area contributed by atoms with Crippen LogP contribution in [0.3, 0.4) is 0 Å². The molecule has 0 radical (unpaired) electrons. The molecule has 0 saturated heterocycles. The predicted octanol–water partition coefficient (Wildman–Crippen LogP) is 0.859. The molecule has 0 fully saturated rings. The molecule has 6 heteroatoms. The van der Waals surface area contributed by atoms with Crippen molar-refractivity contribution in [3.8, 4) is 5.75 Å². The molecule has 14 heavy (non-hydrogen) atoms. The largest absolute Gasteiger partial charge is 0.427 e. The average molecular weight is 216 g/mol. The molecule has 0 aliphatic heterocycles. The first-order valence-electron chi connectivity index (χ1n) is 3.65. The minimum atomic E-state index is -4.25. The number of ether oxygens (including phenoxy) is 1. The summed E-state index contributed by atoms with van der Waals surface area (Å²) in [7, 11) is -4.25. The Morgan fingerprint density at radius 3 is 2.57 bits per heavy atom. The molecule has 76 valence electrons. The first-order valence-corrected chi connectivity index (χ1v) is 5.09. The zero-order chi connectivity index (χ0) is 10.8. The lowest BCUT2D eigenvalue weighted by Gasteiger charge is -2.02. The van der Waals surface area contributed by atoms with E-state index in [0.29, 0.717) is 0 Å². The molecule has 0 saturated carbocycles. The van der Waals surface area contributed by atoms with Crippen molar-refractivity contribution in [2.45, 2.75) is 11.8 Å². The molecular weight excluding hydrogens is 208 g/mol. The number of carbonyl (C=O) groups excluding carboxylic acids is 1. The van der Waals surface area contributed by atoms with Gasteiger partial charge in [0.25, 0.3) is 10.1 Å². The lowest BCUT2D eigenvalue weighted by Crippen LogP contribution is -2.03. The SMILES string of the molecule is CC(=O)Oc1cccc(S(=O)(=O)O)c1. The summed E-state index contributed by atoms with van der Waals surface area (Å²) in [5.41, 5.74) is 0. The van der Waals surface area contributed by atoms with E-state index in [2.05, 4.69) is 4.74 Å². The van der Waals surface area contributed by atoms with Gasteiger partial charge in [0.1, 0.15) is 5.75 Å². The van der Waals surface area contributed by atoms with Crippen LogP contribution in [0.1, 0.15) is 6.92 Å². The molecule has 0 aromatic heterocycles. The highest BCUT2D eigenvalue weighted by Gasteiger charge is 2.10. The third-order valence-corrected chi connectivity index (χ3v) is 2.21. The predicted molar refractivity (Wildman–Crippen MR) is 47.6 cm³/mol. The van der Waals surface area contributed by atoms with E-state index in [1.807, 2.05) is 0 Å². The number of rotatable bonds is 2. The number of esters is 1. The number of hydrogen-bond donors (Lipinski definition) is 1. The van der Waals surface area contributed by atoms with Gasteiger partial charge >= 0.3 is 5.97 Å². The van der Waals surface area contributed by atoms with E-state index in [-0.39, 0.29) is 10.6 Å². The van der Waals surface area contributed by atoms with Crippen LogP contribution in [0.5, 0.6) is 5.75 Å². The zero-order valence-electron chi connectivity index (χ0n) is 7.30. The Hall–Kier alpha value is -1.40. The van der Waals surface area contributed by atoms with Gasteiger partial charge in [-0.2, -0.15) is 8.42 Å². The van der Waals surface area contributed by atoms with Crippen LogP contribution in [0.25, 0.3) is 0 Å². The quantitative estimate of drug-likeness (QED) is 0.450. The van der Waals surface area contributed by atoms with Crippen molar-refractivity contribution in [1.82, 2.24) is 0 Å². The summed E-state index contributed by atoms with van der Waals surface area (Å²) in [6, 6.07) is 5.04. The van der Waals surface area contributed by atoms with Gasteiger partial charge in [0, 0.05) is 13.0 Å². The second-order valence-electron chi connectivity index (χ2n) is 2.54. The molecule has 0 amide bonds. The molecule has 0 unspecified atom stereocenters. The highest BCUT2D eigenvalue weighted by molar-refractivity contribution is 7.85. The monoisotopic (exact) mass is 216 g/mol. The number of hydrogen-bond acceptors (Lipinski definition) is 4. The summed E-state index contributed by atoms with van der Waals surface area (Å²) < 4.78 is 34.7. The Labute approximate surface area is 81.1 Å². The Morgan fingerprint density at radius 1 is 1.43 bits per heavy atom. The van der Waals surface area contributed by atoms with E-state index >= 15 is 0 Å². The second-order valence-corrected chi connectivity index (χ2v) is 3.97. The summed E-state index contributed by atoms with van der Waals surface area (Å²) in [4.78, 5) is 10.2. The van der Waals surface area contributed by atoms with Crippen LogP contribution < -0.4 is 4.74 Å². The highest BCUT2D eigenvalue weighted by Crippen LogP contribution is 2.17. The summed E-state index contributed by atoms with van der Waals surface area (Å²) in [5.74, 6) is -0.481. The fourth-order valence-electron chi connectivity index (χ4n) is 0.864. The van der Waals surface area contributed by atoms with Crippen LogP contribution in [0.4, 0.5) is 0 Å². The zero-order valence-corrected chi connectivity index (χ0v) is 8.11. The molecule has 1 N–H and O–H groups in total. The molecular formula is C8H8O5S. The first kappa shape index (κ1) is 10.7. The van der Waals surface area contributed by atoms with Gasteiger partial charge in [-0.1, -0.05) is 6.07 Å². The minimum absolute atomic E-state index is 0.0765. The third-order valence-electron chi connectivity index (χ3n) is 1.36. The average Bonchev–Trinajstić information content (AvgIpc) is 2.01. The summed E-state index contributed by atoms with van der Waals surface area (Å²) in [6.45, 7) is 1.19. The summed E-state index contributed by atoms with van der Waals surface area (Å²) in [6.07, 6.45) is 0. The summed E-state index contributed by atoms with van der Waals surface area (Å²) in [5, 5.41) is 0. The number of carbonyl (C=O) groups is 1. The van der Waals surface area contributed by atoms with E-state index in [1.165, 1.54) is 25.1 Å². The normalized spacial score (nSPS) is 11.0. The molecule has 1 aromatic carbocycles. The maximum atomic E-state index is 10.7. The Balaban J connectivity index is 3.08. The summed E-state index contributed by atoms with van der Waals surface area (Å²) >= 11 is 0. The molecule has 0 spiro atoms. The van der Waals surface area contributed by atoms with Gasteiger partial charge in [-0.25, -0.2) is 0 Å². The van der Waals surface area contributed by atoms with Crippen LogP contribution in [-0.4, -0.2) is 18.9 Å². The van der Waals surface area contributed by atoms with E-state index in [0.717, 1.165) is 6.07 Å². The molecule has 0 atom stereocenters. The number of benzene rings is 1. The van der Waals surface area contributed by atoms with Crippen molar-refractivity contribution >= 4 is 16.1 Å². The maximum Gasteiger partial charge on any atom is 0.308 e. The topological polar surface area (TPSA) is 80.7 Å². The first-order chi connectivity index (χ1) is 6.39. The van der Waals surface area contributed by atoms with Crippen molar-refractivity contribution in [2.24, 2.45) is 0 Å². The molecule has 0 bridgehead atoms. The van der Waals surface area contributed by atoms with Crippen LogP contribution in [0.15, 0.2) is 29.2 Å². The van der Waals surface area contributed by atoms with Gasteiger partial charge in [-0.05, 0) is 12.1 Å². The minimum Gasteiger partial charge on any atom is -0.427 e. The Kier molecular flexibility index (Phi) is 2.87. The fraction of sp³-hybridized carbons (Fsp3) is 0.125. The second kappa shape index (κ2) is 3.77. The Morgan fingerprint density at radius 2 is 2.07 bits per heavy atom. The molecule has 0 heterocycles. The van der Waals surface area contributed by atoms with Crippen LogP contribution >= 0.6 is 0 Å². The van der Waals surface area contributed by atoms with Gasteiger partial charge < -0.3 is 4.74 Å². The molecule has 0 aliphatic rings. The molecule has 1 rings (SSSR count). The Bertz CT molecular complexity index is 449. The van der Waals surface area contributed by atoms with E-state index < -0.39 is 16.1 Å². The van der Waals surface area contributed by atoms with Crippen molar-refractivity contribution in [3.63, 3.8) is 0 Å². The van der Waals surface area contributed by atoms with Crippen molar-refractivity contribution in [2.75, 3.05) is 0 Å². The maximum absolute atomic E-state index is 10.7. The lowest BCUT2D eigenvalue weighted by molar-refractivity contribution is -0.131. The van der Waals surface area contributed by atoms with Crippen molar-refractivity contribution in [1.29, 1.82) is 0 Å². The van der Waals surface area contributed by atoms with Crippen LogP contribution in [0.2, 0.25) is 0 Å². The van der Waals surface area contributed by atoms with Crippen LogP contribution in [-0.2, 0) is 14.9 Å². The van der Waals surface area contributed by atoms with Crippen LogP contribution in [0, 0.1) is 0 Å². The third kappa shape index (κ3) is 2.82. The van der Waals surface area contributed by atoms with Gasteiger partial charge in [-0.3, -0.25) is 9.35 Å². The van der Waals surface area contributed by atoms with Gasteiger partial charge in [0.05, 0.1) is 4.90 Å². The molecule has 1 aromatic rings. The van der Waals surface area contributed by atoms with Crippen molar-refractivity contribution in [3.05, 3.63) is 24.3 Å². The molecule has 5 nitrogen and oxygen atoms in total. The van der Waals surface area contributed by atoms with E-state index in [9.17, 15) is 13.2 Å². The van der Waals surface area contributed by atoms with Gasteiger partial charge in [0.15, 0.2) is 0 Å². The lowest BCUT2D eigenvalue weighted by atomic mass is 10.3. The standard InChI is InChI=1S/C8H8O5S/c1-6(9)13-7-3-2-4-8(5-7)14(10,11)12/h2-5H,1H3,(H,10,11,12). The van der Waals surface area contributed by atoms with Gasteiger partial charge in [0.2, 0.25) is 0 Å². The van der Waals surface area contributed by atoms with E-state index in [4.69, 9.17) is 4.55 Å². The highest BCUT2D eigenvalue weighted by atomic mass is 32.2. The van der Waals surface area contributed by atoms with Crippen molar-refractivity contribution < 1.29 is 22.5 Å². The molecule has 0 aliphatic carbocycles.